The Morgan fingerprint density at radius 1 is 1.17 bits per heavy atom. The number of halogens is 1. The van der Waals surface area contributed by atoms with E-state index in [-0.39, 0.29) is 0 Å². The van der Waals surface area contributed by atoms with Gasteiger partial charge in [0.05, 0.1) is 5.52 Å². The molecular weight excluding hydrogens is 288 g/mol. The lowest BCUT2D eigenvalue weighted by Crippen LogP contribution is -2.34. The Labute approximate surface area is 116 Å². The summed E-state index contributed by atoms with van der Waals surface area (Å²) >= 11 is 3.60. The quantitative estimate of drug-likeness (QED) is 0.784. The van der Waals surface area contributed by atoms with Crippen LogP contribution < -0.4 is 4.90 Å². The molecule has 1 fully saturated rings. The van der Waals surface area contributed by atoms with Crippen LogP contribution in [0.2, 0.25) is 0 Å². The molecule has 3 rings (SSSR count). The van der Waals surface area contributed by atoms with Gasteiger partial charge in [0.1, 0.15) is 0 Å². The fourth-order valence-corrected chi connectivity index (χ4v) is 3.33. The van der Waals surface area contributed by atoms with Crippen LogP contribution in [0.15, 0.2) is 36.5 Å². The lowest BCUT2D eigenvalue weighted by Gasteiger charge is -2.33. The molecule has 0 N–H and O–H groups in total. The highest BCUT2D eigenvalue weighted by molar-refractivity contribution is 9.09. The molecule has 1 aromatic carbocycles. The van der Waals surface area contributed by atoms with Crippen molar-refractivity contribution in [2.45, 2.75) is 12.8 Å². The zero-order chi connectivity index (χ0) is 12.4. The third kappa shape index (κ3) is 2.24. The minimum Gasteiger partial charge on any atom is -0.371 e. The van der Waals surface area contributed by atoms with Crippen molar-refractivity contribution >= 4 is 32.5 Å². The summed E-state index contributed by atoms with van der Waals surface area (Å²) in [5, 5.41) is 2.41. The Hall–Kier alpha value is -1.09. The molecule has 94 valence electrons. The number of pyridine rings is 1. The number of nitrogens with zero attached hydrogens (tertiary/aromatic N) is 2. The van der Waals surface area contributed by atoms with Gasteiger partial charge in [-0.1, -0.05) is 34.1 Å². The van der Waals surface area contributed by atoms with Crippen LogP contribution in [0.25, 0.3) is 10.9 Å². The van der Waals surface area contributed by atoms with E-state index in [1.165, 1.54) is 23.9 Å². The van der Waals surface area contributed by atoms with Crippen molar-refractivity contribution < 1.29 is 0 Å². The van der Waals surface area contributed by atoms with Crippen LogP contribution in [0.4, 0.5) is 5.69 Å². The van der Waals surface area contributed by atoms with Gasteiger partial charge in [0, 0.05) is 35.7 Å². The summed E-state index contributed by atoms with van der Waals surface area (Å²) in [5.74, 6) is 0.842. The van der Waals surface area contributed by atoms with Crippen molar-refractivity contribution in [1.82, 2.24) is 4.98 Å². The number of anilines is 1. The van der Waals surface area contributed by atoms with Crippen LogP contribution in [0.5, 0.6) is 0 Å². The van der Waals surface area contributed by atoms with Gasteiger partial charge in [0.15, 0.2) is 0 Å². The van der Waals surface area contributed by atoms with E-state index < -0.39 is 0 Å². The highest BCUT2D eigenvalue weighted by atomic mass is 79.9. The first kappa shape index (κ1) is 12.0. The standard InChI is InChI=1S/C15H17BrN2/c16-11-12-6-9-18(10-7-12)15-5-8-17-14-4-2-1-3-13(14)15/h1-5,8,12H,6-7,9-11H2. The Morgan fingerprint density at radius 3 is 2.72 bits per heavy atom. The minimum absolute atomic E-state index is 0.842. The number of piperidine rings is 1. The Balaban J connectivity index is 1.91. The smallest absolute Gasteiger partial charge is 0.0722 e. The van der Waals surface area contributed by atoms with Gasteiger partial charge in [-0.3, -0.25) is 4.98 Å². The summed E-state index contributed by atoms with van der Waals surface area (Å²) in [5.41, 5.74) is 2.44. The van der Waals surface area contributed by atoms with Crippen LogP contribution in [0, 0.1) is 5.92 Å². The molecule has 1 aromatic heterocycles. The van der Waals surface area contributed by atoms with Gasteiger partial charge >= 0.3 is 0 Å². The molecule has 3 heteroatoms. The van der Waals surface area contributed by atoms with Crippen LogP contribution in [-0.4, -0.2) is 23.4 Å². The first-order valence-corrected chi connectivity index (χ1v) is 7.65. The fourth-order valence-electron chi connectivity index (χ4n) is 2.68. The highest BCUT2D eigenvalue weighted by Crippen LogP contribution is 2.29. The second-order valence-corrected chi connectivity index (χ2v) is 5.58. The number of hydrogen-bond acceptors (Lipinski definition) is 2. The summed E-state index contributed by atoms with van der Waals surface area (Å²) < 4.78 is 0. The molecule has 0 unspecified atom stereocenters. The van der Waals surface area contributed by atoms with E-state index in [0.29, 0.717) is 0 Å². The van der Waals surface area contributed by atoms with E-state index in [1.54, 1.807) is 0 Å². The van der Waals surface area contributed by atoms with E-state index in [2.05, 4.69) is 56.1 Å². The maximum Gasteiger partial charge on any atom is 0.0722 e. The molecule has 18 heavy (non-hydrogen) atoms. The minimum atomic E-state index is 0.842. The lowest BCUT2D eigenvalue weighted by atomic mass is 9.98. The molecule has 1 aliphatic heterocycles. The van der Waals surface area contributed by atoms with Crippen molar-refractivity contribution in [3.63, 3.8) is 0 Å². The van der Waals surface area contributed by atoms with E-state index in [0.717, 1.165) is 29.9 Å². The monoisotopic (exact) mass is 304 g/mol. The second-order valence-electron chi connectivity index (χ2n) is 4.93. The first-order valence-electron chi connectivity index (χ1n) is 6.53. The second kappa shape index (κ2) is 5.27. The van der Waals surface area contributed by atoms with Crippen molar-refractivity contribution in [1.29, 1.82) is 0 Å². The molecule has 1 aliphatic rings. The van der Waals surface area contributed by atoms with Crippen molar-refractivity contribution in [3.05, 3.63) is 36.5 Å². The summed E-state index contributed by atoms with van der Waals surface area (Å²) in [6.07, 6.45) is 4.48. The average molecular weight is 305 g/mol. The maximum absolute atomic E-state index is 4.43. The number of hydrogen-bond donors (Lipinski definition) is 0. The predicted octanol–water partition coefficient (Wildman–Crippen LogP) is 3.85. The Kier molecular flexibility index (Phi) is 3.50. The number of aromatic nitrogens is 1. The molecule has 2 nitrogen and oxygen atoms in total. The summed E-state index contributed by atoms with van der Waals surface area (Å²) in [4.78, 5) is 6.94. The summed E-state index contributed by atoms with van der Waals surface area (Å²) in [7, 11) is 0. The van der Waals surface area contributed by atoms with Gasteiger partial charge in [0.2, 0.25) is 0 Å². The van der Waals surface area contributed by atoms with Crippen LogP contribution >= 0.6 is 15.9 Å². The first-order chi connectivity index (χ1) is 8.88. The van der Waals surface area contributed by atoms with Gasteiger partial charge < -0.3 is 4.90 Å². The van der Waals surface area contributed by atoms with E-state index >= 15 is 0 Å². The summed E-state index contributed by atoms with van der Waals surface area (Å²) in [6, 6.07) is 10.6. The molecule has 0 radical (unpaired) electrons. The molecule has 2 heterocycles. The zero-order valence-corrected chi connectivity index (χ0v) is 11.9. The van der Waals surface area contributed by atoms with E-state index in [9.17, 15) is 0 Å². The van der Waals surface area contributed by atoms with Gasteiger partial charge in [0.25, 0.3) is 0 Å². The average Bonchev–Trinajstić information content (AvgIpc) is 2.47. The number of para-hydroxylation sites is 1. The molecule has 0 aliphatic carbocycles. The zero-order valence-electron chi connectivity index (χ0n) is 10.3. The van der Waals surface area contributed by atoms with Gasteiger partial charge in [-0.2, -0.15) is 0 Å². The molecular formula is C15H17BrN2. The number of alkyl halides is 1. The van der Waals surface area contributed by atoms with Crippen molar-refractivity contribution in [3.8, 4) is 0 Å². The van der Waals surface area contributed by atoms with E-state index in [1.807, 2.05) is 6.20 Å². The molecule has 0 amide bonds. The number of fused-ring (bicyclic) bond motifs is 1. The van der Waals surface area contributed by atoms with Gasteiger partial charge in [-0.25, -0.2) is 0 Å². The van der Waals surface area contributed by atoms with Gasteiger partial charge in [-0.15, -0.1) is 0 Å². The Bertz CT molecular complexity index is 528. The van der Waals surface area contributed by atoms with Crippen LogP contribution in [0.1, 0.15) is 12.8 Å². The Morgan fingerprint density at radius 2 is 1.94 bits per heavy atom. The van der Waals surface area contributed by atoms with Crippen molar-refractivity contribution in [2.75, 3.05) is 23.3 Å². The number of benzene rings is 1. The predicted molar refractivity (Wildman–Crippen MR) is 80.5 cm³/mol. The fraction of sp³-hybridized carbons (Fsp3) is 0.400. The molecule has 0 atom stereocenters. The van der Waals surface area contributed by atoms with Crippen LogP contribution in [-0.2, 0) is 0 Å². The van der Waals surface area contributed by atoms with Gasteiger partial charge in [-0.05, 0) is 30.9 Å². The van der Waals surface area contributed by atoms with Crippen LogP contribution in [0.3, 0.4) is 0 Å². The molecule has 0 saturated carbocycles. The third-order valence-electron chi connectivity index (χ3n) is 3.80. The molecule has 0 bridgehead atoms. The molecule has 1 saturated heterocycles. The highest BCUT2D eigenvalue weighted by Gasteiger charge is 2.19. The maximum atomic E-state index is 4.43. The largest absolute Gasteiger partial charge is 0.371 e. The van der Waals surface area contributed by atoms with Crippen molar-refractivity contribution in [2.24, 2.45) is 5.92 Å². The number of rotatable bonds is 2. The normalized spacial score (nSPS) is 17.3. The SMILES string of the molecule is BrCC1CCN(c2ccnc3ccccc23)CC1. The third-order valence-corrected chi connectivity index (χ3v) is 4.72. The summed E-state index contributed by atoms with van der Waals surface area (Å²) in [6.45, 7) is 2.31. The van der Waals surface area contributed by atoms with E-state index in [4.69, 9.17) is 0 Å². The molecule has 2 aromatic rings. The topological polar surface area (TPSA) is 16.1 Å². The lowest BCUT2D eigenvalue weighted by molar-refractivity contribution is 0.447. The molecule has 0 spiro atoms.